The quantitative estimate of drug-likeness (QED) is 0.357. The number of ether oxygens (including phenoxy) is 1. The van der Waals surface area contributed by atoms with Crippen LogP contribution in [0, 0.1) is 17.3 Å². The molecule has 0 bridgehead atoms. The van der Waals surface area contributed by atoms with Crippen LogP contribution in [0.15, 0.2) is 39.9 Å². The Morgan fingerprint density at radius 3 is 2.64 bits per heavy atom. The van der Waals surface area contributed by atoms with Gasteiger partial charge in [0.2, 0.25) is 0 Å². The molecule has 3 unspecified atom stereocenters. The number of Topliss-reactive ketones (excluding diaryl/α,β-unsaturated/α-hetero) is 1. The first kappa shape index (κ1) is 31.7. The van der Waals surface area contributed by atoms with Crippen molar-refractivity contribution in [2.75, 3.05) is 5.75 Å². The number of thioether (sulfide) groups is 1. The van der Waals surface area contributed by atoms with E-state index in [-0.39, 0.29) is 24.2 Å². The van der Waals surface area contributed by atoms with Crippen molar-refractivity contribution < 1.29 is 24.5 Å². The first-order valence-electron chi connectivity index (χ1n) is 13.9. The minimum Gasteiger partial charge on any atom is -0.457 e. The SMILES string of the molecule is CC1=NC(/C=C(\C)[C@@H]2C/C=C(/Cc3nccs3)CCCC(C)C(O)[C@@H](C)C(=O)C(C)(C)[C@@H](O)CC(=O)O2)CS1. The molecule has 0 saturated carbocycles. The Labute approximate surface area is 241 Å². The van der Waals surface area contributed by atoms with E-state index in [1.807, 2.05) is 26.2 Å². The van der Waals surface area contributed by atoms with Crippen molar-refractivity contribution >= 4 is 39.9 Å². The van der Waals surface area contributed by atoms with E-state index in [4.69, 9.17) is 4.74 Å². The summed E-state index contributed by atoms with van der Waals surface area (Å²) in [5.74, 6) is -0.679. The molecule has 216 valence electrons. The fourth-order valence-corrected chi connectivity index (χ4v) is 6.71. The second kappa shape index (κ2) is 14.2. The Morgan fingerprint density at radius 1 is 1.26 bits per heavy atom. The number of hydrogen-bond donors (Lipinski definition) is 2. The van der Waals surface area contributed by atoms with Gasteiger partial charge in [0.1, 0.15) is 11.9 Å². The summed E-state index contributed by atoms with van der Waals surface area (Å²) in [7, 11) is 0. The van der Waals surface area contributed by atoms with Crippen LogP contribution in [0.3, 0.4) is 0 Å². The van der Waals surface area contributed by atoms with Crippen molar-refractivity contribution in [2.45, 2.75) is 104 Å². The van der Waals surface area contributed by atoms with E-state index in [2.05, 4.69) is 22.1 Å². The molecule has 3 heterocycles. The molecule has 0 aliphatic carbocycles. The van der Waals surface area contributed by atoms with Crippen LogP contribution in [-0.4, -0.2) is 62.1 Å². The van der Waals surface area contributed by atoms with E-state index < -0.39 is 35.6 Å². The second-order valence-corrected chi connectivity index (χ2v) is 13.8. The van der Waals surface area contributed by atoms with Crippen LogP contribution in [-0.2, 0) is 20.7 Å². The molecule has 9 heteroatoms. The Morgan fingerprint density at radius 2 is 2.00 bits per heavy atom. The molecule has 2 N–H and O–H groups in total. The predicted molar refractivity (Wildman–Crippen MR) is 159 cm³/mol. The van der Waals surface area contributed by atoms with Crippen molar-refractivity contribution in [3.63, 3.8) is 0 Å². The maximum absolute atomic E-state index is 13.3. The number of hydrogen-bond acceptors (Lipinski definition) is 9. The number of thiazole rings is 1. The van der Waals surface area contributed by atoms with Crippen LogP contribution < -0.4 is 0 Å². The van der Waals surface area contributed by atoms with Gasteiger partial charge < -0.3 is 14.9 Å². The zero-order valence-electron chi connectivity index (χ0n) is 24.1. The topological polar surface area (TPSA) is 109 Å². The number of ketones is 1. The normalized spacial score (nSPS) is 33.3. The Kier molecular flexibility index (Phi) is 11.5. The third kappa shape index (κ3) is 8.84. The standard InChI is InChI=1S/C30H44N2O5S2/c1-18-8-7-9-22(15-26-31-12-13-38-26)10-11-24(19(2)14-23-17-39-21(4)32-23)37-27(34)16-25(33)30(5,6)29(36)20(3)28(18)35/h10,12-14,18,20,23-25,28,33,35H,7-9,11,15-17H2,1-6H3/b19-14+,22-10+/t18?,20-,23?,24+,25+,28?/m1/s1. The maximum Gasteiger partial charge on any atom is 0.309 e. The van der Waals surface area contributed by atoms with Gasteiger partial charge in [-0.25, -0.2) is 4.98 Å². The fourth-order valence-electron chi connectivity index (χ4n) is 5.25. The predicted octanol–water partition coefficient (Wildman–Crippen LogP) is 5.56. The summed E-state index contributed by atoms with van der Waals surface area (Å²) in [4.78, 5) is 35.5. The molecule has 1 aromatic rings. The third-order valence-electron chi connectivity index (χ3n) is 8.02. The molecule has 39 heavy (non-hydrogen) atoms. The molecule has 6 atom stereocenters. The van der Waals surface area contributed by atoms with Crippen molar-refractivity contribution in [1.29, 1.82) is 0 Å². The molecule has 1 aromatic heterocycles. The summed E-state index contributed by atoms with van der Waals surface area (Å²) in [5, 5.41) is 26.0. The van der Waals surface area contributed by atoms with Crippen molar-refractivity contribution in [2.24, 2.45) is 22.2 Å². The van der Waals surface area contributed by atoms with Crippen LogP contribution in [0.4, 0.5) is 0 Å². The number of aliphatic imine (C=N–C) groups is 1. The average Bonchev–Trinajstić information content (AvgIpc) is 3.55. The molecule has 0 radical (unpaired) electrons. The number of carbonyl (C=O) groups excluding carboxylic acids is 2. The summed E-state index contributed by atoms with van der Waals surface area (Å²) in [6.07, 6.45) is 6.87. The largest absolute Gasteiger partial charge is 0.457 e. The number of rotatable bonds is 4. The molecule has 2 aliphatic heterocycles. The van der Waals surface area contributed by atoms with Gasteiger partial charge in [-0.2, -0.15) is 0 Å². The first-order chi connectivity index (χ1) is 18.4. The molecule has 2 aliphatic rings. The number of nitrogens with zero attached hydrogens (tertiary/aromatic N) is 2. The van der Waals surface area contributed by atoms with Crippen LogP contribution in [0.2, 0.25) is 0 Å². The fraction of sp³-hybridized carbons (Fsp3) is 0.667. The first-order valence-corrected chi connectivity index (χ1v) is 15.8. The van der Waals surface area contributed by atoms with Crippen LogP contribution in [0.25, 0.3) is 0 Å². The molecular formula is C30H44N2O5S2. The molecular weight excluding hydrogens is 532 g/mol. The lowest BCUT2D eigenvalue weighted by atomic mass is 9.73. The van der Waals surface area contributed by atoms with Crippen LogP contribution in [0.1, 0.15) is 78.7 Å². The van der Waals surface area contributed by atoms with Gasteiger partial charge in [-0.3, -0.25) is 14.6 Å². The molecule has 0 spiro atoms. The Bertz CT molecular complexity index is 1080. The summed E-state index contributed by atoms with van der Waals surface area (Å²) in [6, 6.07) is 0.0457. The molecule has 0 amide bonds. The van der Waals surface area contributed by atoms with E-state index in [0.717, 1.165) is 47.1 Å². The zero-order valence-corrected chi connectivity index (χ0v) is 25.7. The number of carbonyl (C=O) groups is 2. The summed E-state index contributed by atoms with van der Waals surface area (Å²) in [6.45, 7) is 10.9. The van der Waals surface area contributed by atoms with Gasteiger partial charge in [-0.05, 0) is 44.6 Å². The lowest BCUT2D eigenvalue weighted by molar-refractivity contribution is -0.154. The molecule has 0 aromatic carbocycles. The van der Waals surface area contributed by atoms with Crippen molar-refractivity contribution in [3.8, 4) is 0 Å². The van der Waals surface area contributed by atoms with E-state index in [0.29, 0.717) is 6.42 Å². The van der Waals surface area contributed by atoms with Gasteiger partial charge in [0.05, 0.1) is 40.1 Å². The van der Waals surface area contributed by atoms with Crippen molar-refractivity contribution in [1.82, 2.24) is 4.98 Å². The van der Waals surface area contributed by atoms with E-state index in [1.165, 1.54) is 5.57 Å². The number of esters is 1. The summed E-state index contributed by atoms with van der Waals surface area (Å²) < 4.78 is 5.96. The minimum atomic E-state index is -1.23. The van der Waals surface area contributed by atoms with Crippen LogP contribution >= 0.6 is 23.1 Å². The highest BCUT2D eigenvalue weighted by Gasteiger charge is 2.42. The lowest BCUT2D eigenvalue weighted by Gasteiger charge is -2.34. The zero-order chi connectivity index (χ0) is 28.7. The van der Waals surface area contributed by atoms with Crippen LogP contribution in [0.5, 0.6) is 0 Å². The maximum atomic E-state index is 13.3. The Hall–Kier alpha value is -1.81. The average molecular weight is 577 g/mol. The number of aromatic nitrogens is 1. The highest BCUT2D eigenvalue weighted by atomic mass is 32.2. The van der Waals surface area contributed by atoms with E-state index in [1.54, 1.807) is 50.1 Å². The van der Waals surface area contributed by atoms with Crippen molar-refractivity contribution in [3.05, 3.63) is 39.9 Å². The van der Waals surface area contributed by atoms with Gasteiger partial charge in [-0.15, -0.1) is 23.1 Å². The monoisotopic (exact) mass is 576 g/mol. The van der Waals surface area contributed by atoms with Gasteiger partial charge in [0, 0.05) is 36.1 Å². The van der Waals surface area contributed by atoms with E-state index in [9.17, 15) is 19.8 Å². The highest BCUT2D eigenvalue weighted by molar-refractivity contribution is 8.14. The third-order valence-corrected chi connectivity index (χ3v) is 9.84. The number of aliphatic hydroxyl groups is 2. The molecule has 0 fully saturated rings. The molecule has 0 saturated heterocycles. The van der Waals surface area contributed by atoms with Gasteiger partial charge in [0.25, 0.3) is 0 Å². The number of cyclic esters (lactones) is 1. The molecule has 3 rings (SSSR count). The molecule has 7 nitrogen and oxygen atoms in total. The van der Waals surface area contributed by atoms with Gasteiger partial charge >= 0.3 is 5.97 Å². The Balaban J connectivity index is 1.92. The minimum absolute atomic E-state index is 0.0457. The number of aliphatic hydroxyl groups excluding tert-OH is 2. The van der Waals surface area contributed by atoms with E-state index >= 15 is 0 Å². The lowest BCUT2D eigenvalue weighted by Crippen LogP contribution is -2.45. The van der Waals surface area contributed by atoms with Gasteiger partial charge in [0.15, 0.2) is 0 Å². The smallest absolute Gasteiger partial charge is 0.309 e. The summed E-state index contributed by atoms with van der Waals surface area (Å²) >= 11 is 3.34. The number of allylic oxidation sites excluding steroid dienone is 1. The highest BCUT2D eigenvalue weighted by Crippen LogP contribution is 2.33. The van der Waals surface area contributed by atoms with Gasteiger partial charge in [-0.1, -0.05) is 45.4 Å². The summed E-state index contributed by atoms with van der Waals surface area (Å²) in [5.41, 5.74) is 0.932. The second-order valence-electron chi connectivity index (χ2n) is 11.6.